The number of benzene rings is 1. The van der Waals surface area contributed by atoms with Gasteiger partial charge in [-0.2, -0.15) is 0 Å². The van der Waals surface area contributed by atoms with Gasteiger partial charge in [0.25, 0.3) is 0 Å². The lowest BCUT2D eigenvalue weighted by atomic mass is 9.78. The molecular weight excluding hydrogens is 242 g/mol. The third-order valence-corrected chi connectivity index (χ3v) is 3.20. The van der Waals surface area contributed by atoms with Crippen molar-refractivity contribution in [1.82, 2.24) is 5.32 Å². The molecule has 0 amide bonds. The van der Waals surface area contributed by atoms with E-state index in [2.05, 4.69) is 5.32 Å². The first-order valence-electron chi connectivity index (χ1n) is 6.52. The average Bonchev–Trinajstić information content (AvgIpc) is 2.30. The summed E-state index contributed by atoms with van der Waals surface area (Å²) >= 11 is 0. The first-order chi connectivity index (χ1) is 8.90. The smallest absolute Gasteiger partial charge is 0.303 e. The Bertz CT molecular complexity index is 412. The van der Waals surface area contributed by atoms with Crippen LogP contribution in [0, 0.1) is 5.41 Å². The summed E-state index contributed by atoms with van der Waals surface area (Å²) in [5.74, 6) is 0.0494. The van der Waals surface area contributed by atoms with Crippen LogP contribution in [0.2, 0.25) is 0 Å². The number of hydrogen-bond donors (Lipinski definition) is 2. The van der Waals surface area contributed by atoms with E-state index < -0.39 is 5.97 Å². The maximum atomic E-state index is 11.0. The number of carboxylic acids is 1. The summed E-state index contributed by atoms with van der Waals surface area (Å²) in [6.45, 7) is 6.50. The van der Waals surface area contributed by atoms with Crippen molar-refractivity contribution >= 4 is 5.97 Å². The molecule has 1 atom stereocenters. The molecule has 0 radical (unpaired) electrons. The van der Waals surface area contributed by atoms with E-state index in [1.807, 2.05) is 52.1 Å². The second-order valence-corrected chi connectivity index (χ2v) is 5.28. The second-order valence-electron chi connectivity index (χ2n) is 5.28. The number of ether oxygens (including phenoxy) is 1. The van der Waals surface area contributed by atoms with E-state index in [0.29, 0.717) is 6.61 Å². The summed E-state index contributed by atoms with van der Waals surface area (Å²) in [6.07, 6.45) is 0.117. The molecule has 0 aromatic heterocycles. The zero-order valence-corrected chi connectivity index (χ0v) is 12.1. The third-order valence-electron chi connectivity index (χ3n) is 3.20. The number of carboxylic acid groups (broad SMARTS) is 1. The maximum absolute atomic E-state index is 11.0. The van der Waals surface area contributed by atoms with Crippen LogP contribution in [0.3, 0.4) is 0 Å². The molecule has 1 aromatic carbocycles. The van der Waals surface area contributed by atoms with Crippen molar-refractivity contribution in [1.29, 1.82) is 0 Å². The van der Waals surface area contributed by atoms with Crippen molar-refractivity contribution in [2.75, 3.05) is 13.7 Å². The fraction of sp³-hybridized carbons (Fsp3) is 0.533. The van der Waals surface area contributed by atoms with Gasteiger partial charge in [-0.25, -0.2) is 0 Å². The molecule has 19 heavy (non-hydrogen) atoms. The number of carbonyl (C=O) groups is 1. The first kappa shape index (κ1) is 15.5. The molecule has 1 rings (SSSR count). The molecule has 4 heteroatoms. The number of nitrogens with one attached hydrogen (secondary N) is 1. The van der Waals surface area contributed by atoms with Gasteiger partial charge in [-0.05, 0) is 37.1 Å². The summed E-state index contributed by atoms with van der Waals surface area (Å²) in [6, 6.07) is 7.78. The van der Waals surface area contributed by atoms with Crippen molar-refractivity contribution in [3.63, 3.8) is 0 Å². The van der Waals surface area contributed by atoms with Crippen LogP contribution in [-0.4, -0.2) is 24.7 Å². The van der Waals surface area contributed by atoms with Crippen molar-refractivity contribution in [2.45, 2.75) is 33.2 Å². The molecule has 0 heterocycles. The van der Waals surface area contributed by atoms with Gasteiger partial charge in [0.1, 0.15) is 5.75 Å². The van der Waals surface area contributed by atoms with Gasteiger partial charge in [0.05, 0.1) is 13.0 Å². The highest BCUT2D eigenvalue weighted by Gasteiger charge is 2.32. The molecule has 0 spiro atoms. The molecule has 106 valence electrons. The van der Waals surface area contributed by atoms with Gasteiger partial charge >= 0.3 is 5.97 Å². The quantitative estimate of drug-likeness (QED) is 0.796. The van der Waals surface area contributed by atoms with E-state index in [-0.39, 0.29) is 17.9 Å². The van der Waals surface area contributed by atoms with Gasteiger partial charge in [-0.15, -0.1) is 0 Å². The van der Waals surface area contributed by atoms with E-state index in [1.165, 1.54) is 0 Å². The molecule has 0 saturated carbocycles. The maximum Gasteiger partial charge on any atom is 0.303 e. The van der Waals surface area contributed by atoms with Crippen molar-refractivity contribution in [2.24, 2.45) is 5.41 Å². The second kappa shape index (κ2) is 6.57. The van der Waals surface area contributed by atoms with Gasteiger partial charge < -0.3 is 15.2 Å². The summed E-state index contributed by atoms with van der Waals surface area (Å²) in [7, 11) is 1.85. The lowest BCUT2D eigenvalue weighted by molar-refractivity contribution is -0.139. The standard InChI is InChI=1S/C15H23NO3/c1-5-19-12-8-6-11(7-9-12)14(16-4)15(2,3)10-13(17)18/h6-9,14,16H,5,10H2,1-4H3,(H,17,18). The monoisotopic (exact) mass is 265 g/mol. The van der Waals surface area contributed by atoms with Crippen molar-refractivity contribution in [3.05, 3.63) is 29.8 Å². The zero-order chi connectivity index (χ0) is 14.5. The Morgan fingerprint density at radius 3 is 2.37 bits per heavy atom. The van der Waals surface area contributed by atoms with Gasteiger partial charge in [0.2, 0.25) is 0 Å². The number of aliphatic carboxylic acids is 1. The van der Waals surface area contributed by atoms with E-state index in [0.717, 1.165) is 11.3 Å². The zero-order valence-electron chi connectivity index (χ0n) is 12.1. The van der Waals surface area contributed by atoms with Gasteiger partial charge in [-0.1, -0.05) is 26.0 Å². The highest BCUT2D eigenvalue weighted by molar-refractivity contribution is 5.67. The molecule has 0 saturated heterocycles. The highest BCUT2D eigenvalue weighted by atomic mass is 16.5. The number of rotatable bonds is 7. The van der Waals surface area contributed by atoms with Crippen LogP contribution in [0.25, 0.3) is 0 Å². The summed E-state index contributed by atoms with van der Waals surface area (Å²) < 4.78 is 5.41. The van der Waals surface area contributed by atoms with E-state index in [4.69, 9.17) is 9.84 Å². The minimum absolute atomic E-state index is 0.0146. The molecule has 2 N–H and O–H groups in total. The van der Waals surface area contributed by atoms with Crippen molar-refractivity contribution < 1.29 is 14.6 Å². The van der Waals surface area contributed by atoms with E-state index in [9.17, 15) is 4.79 Å². The lowest BCUT2D eigenvalue weighted by Crippen LogP contribution is -2.33. The SMILES string of the molecule is CCOc1ccc(C(NC)C(C)(C)CC(=O)O)cc1. The molecule has 0 bridgehead atoms. The summed E-state index contributed by atoms with van der Waals surface area (Å²) in [5, 5.41) is 12.2. The van der Waals surface area contributed by atoms with Crippen molar-refractivity contribution in [3.8, 4) is 5.75 Å². The Hall–Kier alpha value is -1.55. The van der Waals surface area contributed by atoms with Gasteiger partial charge in [-0.3, -0.25) is 4.79 Å². The fourth-order valence-electron chi connectivity index (χ4n) is 2.42. The van der Waals surface area contributed by atoms with Gasteiger partial charge in [0, 0.05) is 6.04 Å². The molecule has 0 aliphatic rings. The Balaban J connectivity index is 2.93. The fourth-order valence-corrected chi connectivity index (χ4v) is 2.42. The van der Waals surface area contributed by atoms with Crippen LogP contribution < -0.4 is 10.1 Å². The molecular formula is C15H23NO3. The lowest BCUT2D eigenvalue weighted by Gasteiger charge is -2.33. The third kappa shape index (κ3) is 4.24. The van der Waals surface area contributed by atoms with Crippen LogP contribution in [0.15, 0.2) is 24.3 Å². The van der Waals surface area contributed by atoms with Crippen LogP contribution in [0.4, 0.5) is 0 Å². The van der Waals surface area contributed by atoms with E-state index >= 15 is 0 Å². The Labute approximate surface area is 114 Å². The largest absolute Gasteiger partial charge is 0.494 e. The van der Waals surface area contributed by atoms with Crippen LogP contribution in [0.1, 0.15) is 38.8 Å². The minimum atomic E-state index is -0.781. The van der Waals surface area contributed by atoms with E-state index in [1.54, 1.807) is 0 Å². The summed E-state index contributed by atoms with van der Waals surface area (Å²) in [5.41, 5.74) is 0.700. The predicted molar refractivity (Wildman–Crippen MR) is 75.4 cm³/mol. The van der Waals surface area contributed by atoms with Crippen LogP contribution in [0.5, 0.6) is 5.75 Å². The average molecular weight is 265 g/mol. The normalized spacial score (nSPS) is 13.1. The van der Waals surface area contributed by atoms with Gasteiger partial charge in [0.15, 0.2) is 0 Å². The Kier molecular flexibility index (Phi) is 5.36. The molecule has 4 nitrogen and oxygen atoms in total. The first-order valence-corrected chi connectivity index (χ1v) is 6.52. The minimum Gasteiger partial charge on any atom is -0.494 e. The molecule has 1 unspecified atom stereocenters. The summed E-state index contributed by atoms with van der Waals surface area (Å²) in [4.78, 5) is 11.0. The predicted octanol–water partition coefficient (Wildman–Crippen LogP) is 2.85. The molecule has 0 aliphatic carbocycles. The molecule has 0 fully saturated rings. The Morgan fingerprint density at radius 2 is 1.95 bits per heavy atom. The Morgan fingerprint density at radius 1 is 1.37 bits per heavy atom. The van der Waals surface area contributed by atoms with Crippen LogP contribution >= 0.6 is 0 Å². The number of hydrogen-bond acceptors (Lipinski definition) is 3. The molecule has 0 aliphatic heterocycles. The highest BCUT2D eigenvalue weighted by Crippen LogP contribution is 2.36. The topological polar surface area (TPSA) is 58.6 Å². The van der Waals surface area contributed by atoms with Crippen LogP contribution in [-0.2, 0) is 4.79 Å². The molecule has 1 aromatic rings.